The van der Waals surface area contributed by atoms with Gasteiger partial charge < -0.3 is 11.1 Å². The lowest BCUT2D eigenvalue weighted by Crippen LogP contribution is -2.48. The zero-order valence-corrected chi connectivity index (χ0v) is 16.1. The first-order valence-corrected chi connectivity index (χ1v) is 8.10. The fourth-order valence-corrected chi connectivity index (χ4v) is 2.28. The summed E-state index contributed by atoms with van der Waals surface area (Å²) in [4.78, 5) is 23.4. The van der Waals surface area contributed by atoms with Crippen LogP contribution in [-0.2, 0) is 15.7 Å². The molecule has 7 nitrogen and oxygen atoms in total. The van der Waals surface area contributed by atoms with Crippen molar-refractivity contribution in [3.05, 3.63) is 11.8 Å². The minimum Gasteiger partial charge on any atom is -0.370 e. The molecule has 0 aromatic carbocycles. The maximum absolute atomic E-state index is 12.3. The van der Waals surface area contributed by atoms with Crippen LogP contribution in [-0.4, -0.2) is 27.3 Å². The van der Waals surface area contributed by atoms with E-state index < -0.39 is 17.5 Å². The van der Waals surface area contributed by atoms with Gasteiger partial charge in [-0.1, -0.05) is 20.8 Å². The first-order valence-electron chi connectivity index (χ1n) is 8.10. The van der Waals surface area contributed by atoms with Crippen molar-refractivity contribution < 1.29 is 9.59 Å². The van der Waals surface area contributed by atoms with Crippen LogP contribution >= 0.6 is 0 Å². The van der Waals surface area contributed by atoms with Crippen molar-refractivity contribution in [1.82, 2.24) is 15.1 Å². The standard InChI is InChI=1S/C17H31N5O2/c1-15(2,3)11-9-13(22(21-11)16(4,5)6)19-14(24)20-17(7,8)10-12(18)23/h9H,10H2,1-8H3,(H2,18,23)(H2,19,20,24). The monoisotopic (exact) mass is 337 g/mol. The lowest BCUT2D eigenvalue weighted by Gasteiger charge is -2.26. The Bertz CT molecular complexity index is 618. The second-order valence-corrected chi connectivity index (χ2v) is 8.85. The SMILES string of the molecule is CC(C)(CC(N)=O)NC(=O)Nc1cc(C(C)(C)C)nn1C(C)(C)C. The van der Waals surface area contributed by atoms with Gasteiger partial charge in [-0.15, -0.1) is 0 Å². The summed E-state index contributed by atoms with van der Waals surface area (Å²) in [7, 11) is 0. The van der Waals surface area contributed by atoms with Crippen LogP contribution in [0.25, 0.3) is 0 Å². The van der Waals surface area contributed by atoms with Gasteiger partial charge in [-0.25, -0.2) is 9.48 Å². The molecular weight excluding hydrogens is 306 g/mol. The number of amides is 3. The molecule has 1 aromatic rings. The number of carbonyl (C=O) groups is 2. The molecule has 4 N–H and O–H groups in total. The summed E-state index contributed by atoms with van der Waals surface area (Å²) in [6.07, 6.45) is 0.0617. The minimum atomic E-state index is -0.727. The van der Waals surface area contributed by atoms with Crippen LogP contribution in [0.2, 0.25) is 0 Å². The number of nitrogens with one attached hydrogen (secondary N) is 2. The van der Waals surface area contributed by atoms with Crippen LogP contribution in [0.4, 0.5) is 10.6 Å². The normalized spacial score (nSPS) is 12.8. The second kappa shape index (κ2) is 6.45. The number of carbonyl (C=O) groups excluding carboxylic acids is 2. The maximum atomic E-state index is 12.3. The molecule has 1 heterocycles. The lowest BCUT2D eigenvalue weighted by atomic mass is 9.92. The van der Waals surface area contributed by atoms with E-state index in [1.54, 1.807) is 18.5 Å². The Hall–Kier alpha value is -2.05. The van der Waals surface area contributed by atoms with Gasteiger partial charge in [0.05, 0.1) is 11.2 Å². The fraction of sp³-hybridized carbons (Fsp3) is 0.706. The average Bonchev–Trinajstić information content (AvgIpc) is 2.68. The molecule has 0 bridgehead atoms. The highest BCUT2D eigenvalue weighted by molar-refractivity contribution is 5.89. The van der Waals surface area contributed by atoms with Crippen molar-refractivity contribution in [3.8, 4) is 0 Å². The number of primary amides is 1. The molecule has 3 amide bonds. The van der Waals surface area contributed by atoms with E-state index in [0.29, 0.717) is 5.82 Å². The van der Waals surface area contributed by atoms with Gasteiger partial charge in [0.1, 0.15) is 5.82 Å². The van der Waals surface area contributed by atoms with Gasteiger partial charge in [0, 0.05) is 23.4 Å². The second-order valence-electron chi connectivity index (χ2n) is 8.85. The van der Waals surface area contributed by atoms with Crippen LogP contribution in [0.3, 0.4) is 0 Å². The predicted molar refractivity (Wildman–Crippen MR) is 96.0 cm³/mol. The molecule has 24 heavy (non-hydrogen) atoms. The number of anilines is 1. The van der Waals surface area contributed by atoms with Crippen molar-refractivity contribution in [2.75, 3.05) is 5.32 Å². The van der Waals surface area contributed by atoms with Crippen LogP contribution in [0.15, 0.2) is 6.07 Å². The van der Waals surface area contributed by atoms with E-state index in [9.17, 15) is 9.59 Å². The van der Waals surface area contributed by atoms with Gasteiger partial charge in [-0.05, 0) is 34.6 Å². The van der Waals surface area contributed by atoms with Gasteiger partial charge >= 0.3 is 6.03 Å². The smallest absolute Gasteiger partial charge is 0.320 e. The number of nitrogens with two attached hydrogens (primary N) is 1. The maximum Gasteiger partial charge on any atom is 0.320 e. The molecule has 0 fully saturated rings. The third-order valence-electron chi connectivity index (χ3n) is 3.42. The lowest BCUT2D eigenvalue weighted by molar-refractivity contribution is -0.119. The van der Waals surface area contributed by atoms with Crippen molar-refractivity contribution >= 4 is 17.8 Å². The molecule has 0 unspecified atom stereocenters. The third kappa shape index (κ3) is 5.54. The van der Waals surface area contributed by atoms with E-state index in [-0.39, 0.29) is 17.4 Å². The average molecular weight is 337 g/mol. The quantitative estimate of drug-likeness (QED) is 0.787. The van der Waals surface area contributed by atoms with Crippen molar-refractivity contribution in [3.63, 3.8) is 0 Å². The molecular formula is C17H31N5O2. The van der Waals surface area contributed by atoms with E-state index in [1.807, 2.05) is 26.8 Å². The minimum absolute atomic E-state index is 0.0617. The molecule has 0 spiro atoms. The molecule has 0 aliphatic carbocycles. The zero-order chi connectivity index (χ0) is 18.9. The first-order chi connectivity index (χ1) is 10.6. The third-order valence-corrected chi connectivity index (χ3v) is 3.42. The highest BCUT2D eigenvalue weighted by Crippen LogP contribution is 2.28. The molecule has 0 aliphatic rings. The van der Waals surface area contributed by atoms with E-state index in [1.165, 1.54) is 0 Å². The van der Waals surface area contributed by atoms with E-state index in [2.05, 4.69) is 36.5 Å². The van der Waals surface area contributed by atoms with Crippen LogP contribution in [0.1, 0.15) is 67.5 Å². The molecule has 0 atom stereocenters. The Morgan fingerprint density at radius 2 is 1.67 bits per heavy atom. The van der Waals surface area contributed by atoms with Crippen molar-refractivity contribution in [2.24, 2.45) is 5.73 Å². The van der Waals surface area contributed by atoms with Gasteiger partial charge in [0.2, 0.25) is 5.91 Å². The Morgan fingerprint density at radius 1 is 1.12 bits per heavy atom. The Labute approximate surface area is 144 Å². The van der Waals surface area contributed by atoms with E-state index in [0.717, 1.165) is 5.69 Å². The summed E-state index contributed by atoms with van der Waals surface area (Å²) in [6.45, 7) is 15.8. The zero-order valence-electron chi connectivity index (χ0n) is 16.1. The first kappa shape index (κ1) is 20.0. The van der Waals surface area contributed by atoms with Crippen molar-refractivity contribution in [2.45, 2.75) is 78.3 Å². The Kier molecular flexibility index (Phi) is 5.38. The van der Waals surface area contributed by atoms with Gasteiger partial charge in [-0.2, -0.15) is 5.10 Å². The van der Waals surface area contributed by atoms with E-state index >= 15 is 0 Å². The number of aromatic nitrogens is 2. The summed E-state index contributed by atoms with van der Waals surface area (Å²) in [5, 5.41) is 10.3. The Morgan fingerprint density at radius 3 is 2.08 bits per heavy atom. The topological polar surface area (TPSA) is 102 Å². The number of nitrogens with zero attached hydrogens (tertiary/aromatic N) is 2. The van der Waals surface area contributed by atoms with Crippen LogP contribution < -0.4 is 16.4 Å². The van der Waals surface area contributed by atoms with Crippen LogP contribution in [0.5, 0.6) is 0 Å². The Balaban J connectivity index is 3.03. The number of rotatable bonds is 4. The molecule has 0 radical (unpaired) electrons. The number of hydrogen-bond donors (Lipinski definition) is 3. The fourth-order valence-electron chi connectivity index (χ4n) is 2.28. The predicted octanol–water partition coefficient (Wildman–Crippen LogP) is 2.71. The molecule has 7 heteroatoms. The van der Waals surface area contributed by atoms with Gasteiger partial charge in [-0.3, -0.25) is 10.1 Å². The number of hydrogen-bond acceptors (Lipinski definition) is 3. The summed E-state index contributed by atoms with van der Waals surface area (Å²) in [5.74, 6) is 0.148. The molecule has 136 valence electrons. The number of urea groups is 1. The largest absolute Gasteiger partial charge is 0.370 e. The molecule has 1 rings (SSSR count). The molecule has 0 aliphatic heterocycles. The molecule has 0 saturated carbocycles. The van der Waals surface area contributed by atoms with Gasteiger partial charge in [0.25, 0.3) is 0 Å². The highest BCUT2D eigenvalue weighted by Gasteiger charge is 2.27. The van der Waals surface area contributed by atoms with Gasteiger partial charge in [0.15, 0.2) is 0 Å². The molecule has 0 saturated heterocycles. The molecule has 1 aromatic heterocycles. The van der Waals surface area contributed by atoms with E-state index in [4.69, 9.17) is 5.73 Å². The van der Waals surface area contributed by atoms with Crippen molar-refractivity contribution in [1.29, 1.82) is 0 Å². The summed E-state index contributed by atoms with van der Waals surface area (Å²) < 4.78 is 1.80. The van der Waals surface area contributed by atoms with Crippen LogP contribution in [0, 0.1) is 0 Å². The highest BCUT2D eigenvalue weighted by atomic mass is 16.2. The summed E-state index contributed by atoms with van der Waals surface area (Å²) >= 11 is 0. The summed E-state index contributed by atoms with van der Waals surface area (Å²) in [6, 6.07) is 1.48. The summed E-state index contributed by atoms with van der Waals surface area (Å²) in [5.41, 5.74) is 4.97.